The van der Waals surface area contributed by atoms with E-state index in [1.807, 2.05) is 61.7 Å². The number of ether oxygens (including phenoxy) is 1. The third-order valence-electron chi connectivity index (χ3n) is 6.40. The highest BCUT2D eigenvalue weighted by atomic mass is 32.1. The number of rotatable bonds is 8. The number of thiocarbonyl (C=S) groups is 1. The minimum atomic E-state index is -0.185. The molecule has 0 spiro atoms. The molecule has 0 saturated carbocycles. The van der Waals surface area contributed by atoms with Crippen LogP contribution in [0.5, 0.6) is 5.75 Å². The molecule has 0 aliphatic carbocycles. The first-order chi connectivity index (χ1) is 18.1. The predicted octanol–water partition coefficient (Wildman–Crippen LogP) is 4.86. The number of pyridine rings is 2. The Balaban J connectivity index is 1.58. The molecule has 2 atom stereocenters. The molecule has 8 nitrogen and oxygen atoms in total. The van der Waals surface area contributed by atoms with Crippen molar-refractivity contribution in [1.29, 1.82) is 0 Å². The van der Waals surface area contributed by atoms with Crippen molar-refractivity contribution in [3.63, 3.8) is 0 Å². The highest BCUT2D eigenvalue weighted by Gasteiger charge is 2.42. The van der Waals surface area contributed by atoms with Crippen molar-refractivity contribution >= 4 is 34.6 Å². The van der Waals surface area contributed by atoms with Gasteiger partial charge in [0.2, 0.25) is 5.91 Å². The molecule has 3 aromatic heterocycles. The standard InChI is InChI=1S/C28H28N6O2S/c1-3-25(35)31-21-12-11-20(16-24(21)36-2)34-27(26(32-28(34)37)22-9-4-5-14-30-22)23-10-7-15-33(23)18-19-8-6-13-29-17-19/h4-17,26-27H,3,18H2,1-2H3,(H,31,35)(H,32,37)/t26-,27+/m0/s1. The number of nitrogens with zero attached hydrogens (tertiary/aromatic N) is 4. The Morgan fingerprint density at radius 1 is 1.14 bits per heavy atom. The van der Waals surface area contributed by atoms with Gasteiger partial charge in [-0.25, -0.2) is 0 Å². The van der Waals surface area contributed by atoms with E-state index >= 15 is 0 Å². The maximum atomic E-state index is 12.0. The molecule has 0 unspecified atom stereocenters. The highest BCUT2D eigenvalue weighted by Crippen LogP contribution is 2.43. The first-order valence-corrected chi connectivity index (χ1v) is 12.5. The average molecular weight is 513 g/mol. The number of nitrogens with one attached hydrogen (secondary N) is 2. The number of amides is 1. The lowest BCUT2D eigenvalue weighted by atomic mass is 10.0. The smallest absolute Gasteiger partial charge is 0.224 e. The van der Waals surface area contributed by atoms with Crippen LogP contribution in [0.3, 0.4) is 0 Å². The largest absolute Gasteiger partial charge is 0.494 e. The normalized spacial score (nSPS) is 16.9. The van der Waals surface area contributed by atoms with Gasteiger partial charge in [-0.15, -0.1) is 0 Å². The minimum Gasteiger partial charge on any atom is -0.494 e. The summed E-state index contributed by atoms with van der Waals surface area (Å²) in [7, 11) is 1.59. The number of aromatic nitrogens is 3. The lowest BCUT2D eigenvalue weighted by Gasteiger charge is -2.29. The summed E-state index contributed by atoms with van der Waals surface area (Å²) in [6, 6.07) is 19.4. The van der Waals surface area contributed by atoms with Crippen LogP contribution >= 0.6 is 12.2 Å². The molecular weight excluding hydrogens is 484 g/mol. The Morgan fingerprint density at radius 3 is 2.76 bits per heavy atom. The maximum absolute atomic E-state index is 12.0. The Bertz CT molecular complexity index is 1390. The minimum absolute atomic E-state index is 0.0780. The molecule has 5 rings (SSSR count). The quantitative estimate of drug-likeness (QED) is 0.326. The summed E-state index contributed by atoms with van der Waals surface area (Å²) in [5.41, 5.74) is 4.54. The van der Waals surface area contributed by atoms with E-state index in [9.17, 15) is 4.79 Å². The summed E-state index contributed by atoms with van der Waals surface area (Å²) in [4.78, 5) is 23.0. The second kappa shape index (κ2) is 10.8. The van der Waals surface area contributed by atoms with E-state index in [2.05, 4.69) is 48.4 Å². The topological polar surface area (TPSA) is 84.3 Å². The van der Waals surface area contributed by atoms with Gasteiger partial charge in [0.05, 0.1) is 24.5 Å². The van der Waals surface area contributed by atoms with Crippen molar-refractivity contribution in [2.45, 2.75) is 32.0 Å². The molecule has 9 heteroatoms. The molecule has 1 aliphatic rings. The van der Waals surface area contributed by atoms with E-state index in [1.54, 1.807) is 19.5 Å². The number of anilines is 2. The molecular formula is C28H28N6O2S. The lowest BCUT2D eigenvalue weighted by molar-refractivity contribution is -0.115. The lowest BCUT2D eigenvalue weighted by Crippen LogP contribution is -2.30. The number of hydrogen-bond acceptors (Lipinski definition) is 5. The average Bonchev–Trinajstić information content (AvgIpc) is 3.53. The van der Waals surface area contributed by atoms with Crippen molar-refractivity contribution in [3.8, 4) is 5.75 Å². The van der Waals surface area contributed by atoms with E-state index in [-0.39, 0.29) is 18.0 Å². The number of benzene rings is 1. The van der Waals surface area contributed by atoms with Crippen LogP contribution in [0.2, 0.25) is 0 Å². The van der Waals surface area contributed by atoms with Crippen LogP contribution in [0.1, 0.15) is 42.4 Å². The fourth-order valence-corrected chi connectivity index (χ4v) is 4.98. The van der Waals surface area contributed by atoms with Crippen molar-refractivity contribution in [1.82, 2.24) is 19.9 Å². The van der Waals surface area contributed by atoms with Crippen LogP contribution in [0, 0.1) is 0 Å². The van der Waals surface area contributed by atoms with E-state index < -0.39 is 0 Å². The predicted molar refractivity (Wildman–Crippen MR) is 148 cm³/mol. The van der Waals surface area contributed by atoms with Gasteiger partial charge in [-0.1, -0.05) is 19.1 Å². The van der Waals surface area contributed by atoms with Gasteiger partial charge in [-0.2, -0.15) is 0 Å². The van der Waals surface area contributed by atoms with E-state index in [1.165, 1.54) is 0 Å². The molecule has 1 aliphatic heterocycles. The summed E-state index contributed by atoms with van der Waals surface area (Å²) in [5.74, 6) is 0.485. The first-order valence-electron chi connectivity index (χ1n) is 12.1. The molecule has 4 aromatic rings. The van der Waals surface area contributed by atoms with Gasteiger partial charge in [0.1, 0.15) is 11.8 Å². The van der Waals surface area contributed by atoms with Crippen molar-refractivity contribution in [2.75, 3.05) is 17.3 Å². The molecule has 1 aromatic carbocycles. The zero-order valence-electron chi connectivity index (χ0n) is 20.7. The molecule has 0 bridgehead atoms. The van der Waals surface area contributed by atoms with Crippen molar-refractivity contribution < 1.29 is 9.53 Å². The number of carbonyl (C=O) groups excluding carboxylic acids is 1. The van der Waals surface area contributed by atoms with Gasteiger partial charge >= 0.3 is 0 Å². The molecule has 37 heavy (non-hydrogen) atoms. The third kappa shape index (κ3) is 5.03. The molecule has 188 valence electrons. The van der Waals surface area contributed by atoms with Crippen LogP contribution in [-0.2, 0) is 11.3 Å². The Morgan fingerprint density at radius 2 is 2.03 bits per heavy atom. The maximum Gasteiger partial charge on any atom is 0.224 e. The molecule has 1 saturated heterocycles. The third-order valence-corrected chi connectivity index (χ3v) is 6.71. The second-order valence-electron chi connectivity index (χ2n) is 8.71. The summed E-state index contributed by atoms with van der Waals surface area (Å²) in [6.45, 7) is 2.49. The first kappa shape index (κ1) is 24.5. The molecule has 0 radical (unpaired) electrons. The fourth-order valence-electron chi connectivity index (χ4n) is 4.63. The van der Waals surface area contributed by atoms with Crippen LogP contribution in [-0.4, -0.2) is 32.7 Å². The summed E-state index contributed by atoms with van der Waals surface area (Å²) >= 11 is 5.88. The second-order valence-corrected chi connectivity index (χ2v) is 9.09. The van der Waals surface area contributed by atoms with Crippen LogP contribution in [0.4, 0.5) is 11.4 Å². The number of hydrogen-bond donors (Lipinski definition) is 2. The summed E-state index contributed by atoms with van der Waals surface area (Å²) < 4.78 is 7.85. The van der Waals surface area contributed by atoms with E-state index in [4.69, 9.17) is 17.0 Å². The monoisotopic (exact) mass is 512 g/mol. The molecule has 4 heterocycles. The Kier molecular flexibility index (Phi) is 7.14. The van der Waals surface area contributed by atoms with Gasteiger partial charge in [-0.05, 0) is 60.2 Å². The zero-order valence-corrected chi connectivity index (χ0v) is 21.5. The Hall–Kier alpha value is -4.24. The van der Waals surface area contributed by atoms with E-state index in [0.717, 1.165) is 22.6 Å². The van der Waals surface area contributed by atoms with Crippen LogP contribution in [0.15, 0.2) is 85.5 Å². The van der Waals surface area contributed by atoms with Gasteiger partial charge in [0.15, 0.2) is 5.11 Å². The van der Waals surface area contributed by atoms with Gasteiger partial charge in [0, 0.05) is 55.2 Å². The number of methoxy groups -OCH3 is 1. The molecule has 1 fully saturated rings. The van der Waals surface area contributed by atoms with E-state index in [0.29, 0.717) is 29.5 Å². The summed E-state index contributed by atoms with van der Waals surface area (Å²) in [5, 5.41) is 6.98. The van der Waals surface area contributed by atoms with Gasteiger partial charge in [-0.3, -0.25) is 14.8 Å². The van der Waals surface area contributed by atoms with Crippen molar-refractivity contribution in [3.05, 3.63) is 102 Å². The van der Waals surface area contributed by atoms with Gasteiger partial charge in [0.25, 0.3) is 0 Å². The molecule has 2 N–H and O–H groups in total. The van der Waals surface area contributed by atoms with Gasteiger partial charge < -0.3 is 24.8 Å². The van der Waals surface area contributed by atoms with Crippen LogP contribution in [0.25, 0.3) is 0 Å². The van der Waals surface area contributed by atoms with Crippen LogP contribution < -0.4 is 20.3 Å². The summed E-state index contributed by atoms with van der Waals surface area (Å²) in [6.07, 6.45) is 7.90. The highest BCUT2D eigenvalue weighted by molar-refractivity contribution is 7.80. The fraction of sp³-hybridized carbons (Fsp3) is 0.214. The SMILES string of the molecule is CCC(=O)Nc1ccc(N2C(=S)N[C@@H](c3ccccn3)[C@H]2c2cccn2Cc2cccnc2)cc1OC. The Labute approximate surface area is 221 Å². The van der Waals surface area contributed by atoms with Crippen molar-refractivity contribution in [2.24, 2.45) is 0 Å². The molecule has 1 amide bonds. The zero-order chi connectivity index (χ0) is 25.8. The number of carbonyl (C=O) groups is 1.